The average Bonchev–Trinajstić information content (AvgIpc) is 2.81. The smallest absolute Gasteiger partial charge is 0.178 e. The van der Waals surface area contributed by atoms with E-state index in [4.69, 9.17) is 0 Å². The number of benzene rings is 1. The van der Waals surface area contributed by atoms with E-state index in [-0.39, 0.29) is 6.04 Å². The lowest BCUT2D eigenvalue weighted by atomic mass is 10.1. The molecule has 0 amide bonds. The molecular weight excluding hydrogens is 238 g/mol. The lowest BCUT2D eigenvalue weighted by Crippen LogP contribution is -2.09. The number of hydrogen-bond acceptors (Lipinski definition) is 4. The second-order valence-electron chi connectivity index (χ2n) is 4.51. The fourth-order valence-corrected chi connectivity index (χ4v) is 2.02. The van der Waals surface area contributed by atoms with Crippen LogP contribution in [0.25, 0.3) is 5.65 Å². The van der Waals surface area contributed by atoms with Gasteiger partial charge in [0.2, 0.25) is 0 Å². The van der Waals surface area contributed by atoms with E-state index < -0.39 is 0 Å². The van der Waals surface area contributed by atoms with Crippen molar-refractivity contribution in [1.82, 2.24) is 19.8 Å². The van der Waals surface area contributed by atoms with Crippen LogP contribution in [0.5, 0.6) is 0 Å². The molecule has 1 aromatic carbocycles. The van der Waals surface area contributed by atoms with Gasteiger partial charge in [-0.05, 0) is 31.5 Å². The molecule has 2 aromatic heterocycles. The summed E-state index contributed by atoms with van der Waals surface area (Å²) in [6.07, 6.45) is 0. The Kier molecular flexibility index (Phi) is 2.87. The number of aryl methyl sites for hydroxylation is 1. The van der Waals surface area contributed by atoms with Crippen LogP contribution in [-0.4, -0.2) is 19.8 Å². The van der Waals surface area contributed by atoms with Crippen LogP contribution >= 0.6 is 0 Å². The fraction of sp³-hybridized carbons (Fsp3) is 0.214. The lowest BCUT2D eigenvalue weighted by Gasteiger charge is -2.14. The molecule has 0 fully saturated rings. The second-order valence-corrected chi connectivity index (χ2v) is 4.51. The molecule has 0 saturated heterocycles. The van der Waals surface area contributed by atoms with Crippen molar-refractivity contribution in [2.24, 2.45) is 0 Å². The zero-order chi connectivity index (χ0) is 13.2. The van der Waals surface area contributed by atoms with Gasteiger partial charge in [-0.25, -0.2) is 0 Å². The van der Waals surface area contributed by atoms with Crippen molar-refractivity contribution in [2.75, 3.05) is 5.32 Å². The molecule has 3 rings (SSSR count). The summed E-state index contributed by atoms with van der Waals surface area (Å²) in [6.45, 7) is 4.00. The molecule has 5 heteroatoms. The van der Waals surface area contributed by atoms with Crippen LogP contribution in [0.4, 0.5) is 5.82 Å². The maximum atomic E-state index is 4.48. The molecule has 0 bridgehead atoms. The van der Waals surface area contributed by atoms with Crippen LogP contribution in [-0.2, 0) is 0 Å². The molecule has 3 aromatic rings. The highest BCUT2D eigenvalue weighted by atomic mass is 15.4. The summed E-state index contributed by atoms with van der Waals surface area (Å²) in [5.74, 6) is 1.60. The first-order valence-corrected chi connectivity index (χ1v) is 6.24. The Hall–Kier alpha value is -2.43. The van der Waals surface area contributed by atoms with Crippen molar-refractivity contribution < 1.29 is 0 Å². The summed E-state index contributed by atoms with van der Waals surface area (Å²) in [5, 5.41) is 15.9. The Bertz CT molecular complexity index is 689. The standard InChI is InChI=1S/C14H15N5/c1-10(12-6-4-3-5-7-12)15-13-8-9-14-17-16-11(2)19(14)18-13/h3-10H,1-2H3,(H,15,18)/t10-/m1/s1. The molecule has 0 saturated carbocycles. The topological polar surface area (TPSA) is 55.1 Å². The van der Waals surface area contributed by atoms with E-state index in [1.807, 2.05) is 37.3 Å². The van der Waals surface area contributed by atoms with Gasteiger partial charge in [0, 0.05) is 6.04 Å². The Morgan fingerprint density at radius 2 is 1.84 bits per heavy atom. The van der Waals surface area contributed by atoms with E-state index in [0.29, 0.717) is 0 Å². The predicted octanol–water partition coefficient (Wildman–Crippen LogP) is 2.61. The number of nitrogens with zero attached hydrogens (tertiary/aromatic N) is 4. The highest BCUT2D eigenvalue weighted by Gasteiger charge is 2.07. The van der Waals surface area contributed by atoms with Gasteiger partial charge >= 0.3 is 0 Å². The second kappa shape index (κ2) is 4.68. The molecular formula is C14H15N5. The zero-order valence-corrected chi connectivity index (χ0v) is 10.9. The van der Waals surface area contributed by atoms with Crippen LogP contribution in [0, 0.1) is 6.92 Å². The molecule has 0 aliphatic rings. The minimum absolute atomic E-state index is 0.197. The SMILES string of the molecule is Cc1nnc2ccc(N[C@H](C)c3ccccc3)nn12. The Morgan fingerprint density at radius 3 is 2.63 bits per heavy atom. The van der Waals surface area contributed by atoms with Crippen molar-refractivity contribution in [3.8, 4) is 0 Å². The van der Waals surface area contributed by atoms with Crippen molar-refractivity contribution >= 4 is 11.5 Å². The van der Waals surface area contributed by atoms with Crippen LogP contribution in [0.1, 0.15) is 24.4 Å². The summed E-state index contributed by atoms with van der Waals surface area (Å²) in [6, 6.07) is 14.3. The molecule has 5 nitrogen and oxygen atoms in total. The lowest BCUT2D eigenvalue weighted by molar-refractivity contribution is 0.829. The van der Waals surface area contributed by atoms with Crippen molar-refractivity contribution in [3.63, 3.8) is 0 Å². The number of rotatable bonds is 3. The summed E-state index contributed by atoms with van der Waals surface area (Å²) < 4.78 is 1.74. The molecule has 0 aliphatic carbocycles. The highest BCUT2D eigenvalue weighted by Crippen LogP contribution is 2.17. The van der Waals surface area contributed by atoms with E-state index in [0.717, 1.165) is 17.3 Å². The van der Waals surface area contributed by atoms with Crippen molar-refractivity contribution in [2.45, 2.75) is 19.9 Å². The number of aromatic nitrogens is 4. The number of anilines is 1. The third-order valence-electron chi connectivity index (χ3n) is 3.08. The molecule has 0 radical (unpaired) electrons. The minimum atomic E-state index is 0.197. The van der Waals surface area contributed by atoms with Gasteiger partial charge < -0.3 is 5.32 Å². The summed E-state index contributed by atoms with van der Waals surface area (Å²) >= 11 is 0. The predicted molar refractivity (Wildman–Crippen MR) is 74.0 cm³/mol. The zero-order valence-electron chi connectivity index (χ0n) is 10.9. The quantitative estimate of drug-likeness (QED) is 0.779. The third kappa shape index (κ3) is 2.27. The van der Waals surface area contributed by atoms with Gasteiger partial charge in [0.25, 0.3) is 0 Å². The monoisotopic (exact) mass is 253 g/mol. The highest BCUT2D eigenvalue weighted by molar-refractivity contribution is 5.45. The van der Waals surface area contributed by atoms with E-state index >= 15 is 0 Å². The molecule has 0 spiro atoms. The fourth-order valence-electron chi connectivity index (χ4n) is 2.02. The normalized spacial score (nSPS) is 12.5. The van der Waals surface area contributed by atoms with Gasteiger partial charge in [0.15, 0.2) is 11.5 Å². The summed E-state index contributed by atoms with van der Waals surface area (Å²) in [7, 11) is 0. The van der Waals surface area contributed by atoms with Gasteiger partial charge in [-0.15, -0.1) is 15.3 Å². The molecule has 96 valence electrons. The first kappa shape index (κ1) is 11.6. The summed E-state index contributed by atoms with van der Waals surface area (Å²) in [4.78, 5) is 0. The van der Waals surface area contributed by atoms with Gasteiger partial charge in [-0.3, -0.25) is 0 Å². The van der Waals surface area contributed by atoms with E-state index in [1.54, 1.807) is 4.52 Å². The molecule has 0 aliphatic heterocycles. The maximum absolute atomic E-state index is 4.48. The Labute approximate surface area is 111 Å². The van der Waals surface area contributed by atoms with Gasteiger partial charge in [-0.2, -0.15) is 4.52 Å². The van der Waals surface area contributed by atoms with E-state index in [9.17, 15) is 0 Å². The van der Waals surface area contributed by atoms with Gasteiger partial charge in [0.1, 0.15) is 5.82 Å². The molecule has 19 heavy (non-hydrogen) atoms. The van der Waals surface area contributed by atoms with Crippen molar-refractivity contribution in [3.05, 3.63) is 53.9 Å². The number of fused-ring (bicyclic) bond motifs is 1. The van der Waals surface area contributed by atoms with Crippen molar-refractivity contribution in [1.29, 1.82) is 0 Å². The molecule has 1 N–H and O–H groups in total. The maximum Gasteiger partial charge on any atom is 0.178 e. The number of nitrogens with one attached hydrogen (secondary N) is 1. The number of hydrogen-bond donors (Lipinski definition) is 1. The molecule has 0 unspecified atom stereocenters. The first-order chi connectivity index (χ1) is 9.24. The van der Waals surface area contributed by atoms with Crippen LogP contribution < -0.4 is 5.32 Å². The van der Waals surface area contributed by atoms with Crippen LogP contribution in [0.3, 0.4) is 0 Å². The van der Waals surface area contributed by atoms with Crippen LogP contribution in [0.15, 0.2) is 42.5 Å². The third-order valence-corrected chi connectivity index (χ3v) is 3.08. The Morgan fingerprint density at radius 1 is 1.05 bits per heavy atom. The molecule has 1 atom stereocenters. The first-order valence-electron chi connectivity index (χ1n) is 6.24. The minimum Gasteiger partial charge on any atom is -0.362 e. The van der Waals surface area contributed by atoms with Crippen LogP contribution in [0.2, 0.25) is 0 Å². The summed E-state index contributed by atoms with van der Waals surface area (Å²) in [5.41, 5.74) is 1.99. The molecule has 2 heterocycles. The van der Waals surface area contributed by atoms with E-state index in [1.165, 1.54) is 5.56 Å². The average molecular weight is 253 g/mol. The van der Waals surface area contributed by atoms with E-state index in [2.05, 4.69) is 39.7 Å². The largest absolute Gasteiger partial charge is 0.362 e. The van der Waals surface area contributed by atoms with Gasteiger partial charge in [0.05, 0.1) is 0 Å². The Balaban J connectivity index is 1.87. The van der Waals surface area contributed by atoms with Gasteiger partial charge in [-0.1, -0.05) is 30.3 Å².